The maximum Gasteiger partial charge on any atom is 0.247 e. The van der Waals surface area contributed by atoms with E-state index in [0.29, 0.717) is 63.8 Å². The minimum atomic E-state index is -0.463. The van der Waals surface area contributed by atoms with Crippen LogP contribution < -0.4 is 5.73 Å². The molecule has 2 N–H and O–H groups in total. The number of unbranched alkanes of at least 4 members (excludes halogenated alkanes) is 1. The van der Waals surface area contributed by atoms with E-state index in [0.717, 1.165) is 43.7 Å². The van der Waals surface area contributed by atoms with Crippen LogP contribution in [0.2, 0.25) is 0 Å². The van der Waals surface area contributed by atoms with Gasteiger partial charge in [0.2, 0.25) is 5.24 Å². The fourth-order valence-corrected chi connectivity index (χ4v) is 3.08. The van der Waals surface area contributed by atoms with Crippen molar-refractivity contribution in [1.29, 1.82) is 0 Å². The van der Waals surface area contributed by atoms with Crippen molar-refractivity contribution in [1.82, 2.24) is 30.0 Å². The van der Waals surface area contributed by atoms with E-state index in [1.54, 1.807) is 23.2 Å². The number of ketones is 1. The number of carbonyl (C=O) groups is 2. The van der Waals surface area contributed by atoms with Crippen LogP contribution in [0.1, 0.15) is 50.9 Å². The van der Waals surface area contributed by atoms with Crippen LogP contribution in [0, 0.1) is 0 Å². The molecule has 2 fully saturated rings. The van der Waals surface area contributed by atoms with Gasteiger partial charge in [-0.25, -0.2) is 0 Å². The number of halogens is 1. The molecule has 2 aromatic rings. The summed E-state index contributed by atoms with van der Waals surface area (Å²) in [4.78, 5) is 21.2. The Labute approximate surface area is 246 Å². The Kier molecular flexibility index (Phi) is 16.2. The molecule has 2 aliphatic heterocycles. The van der Waals surface area contributed by atoms with E-state index in [2.05, 4.69) is 33.8 Å². The van der Waals surface area contributed by atoms with Crippen molar-refractivity contribution < 1.29 is 28.5 Å². The summed E-state index contributed by atoms with van der Waals surface area (Å²) in [5.74, 6) is 0.139. The fraction of sp³-hybridized carbons (Fsp3) is 0.630. The van der Waals surface area contributed by atoms with E-state index in [4.69, 9.17) is 36.3 Å². The third-order valence-corrected chi connectivity index (χ3v) is 6.09. The second-order valence-electron chi connectivity index (χ2n) is 9.74. The van der Waals surface area contributed by atoms with Gasteiger partial charge in [-0.1, -0.05) is 23.6 Å². The van der Waals surface area contributed by atoms with Gasteiger partial charge in [-0.2, -0.15) is 0 Å². The van der Waals surface area contributed by atoms with Gasteiger partial charge < -0.3 is 24.7 Å². The summed E-state index contributed by atoms with van der Waals surface area (Å²) in [5, 5.41) is 15.6. The van der Waals surface area contributed by atoms with Crippen molar-refractivity contribution in [2.75, 3.05) is 33.0 Å². The average molecular weight is 596 g/mol. The van der Waals surface area contributed by atoms with Gasteiger partial charge in [0, 0.05) is 25.1 Å². The van der Waals surface area contributed by atoms with E-state index in [-0.39, 0.29) is 18.0 Å². The summed E-state index contributed by atoms with van der Waals surface area (Å²) < 4.78 is 24.7. The smallest absolute Gasteiger partial charge is 0.247 e. The molecule has 41 heavy (non-hydrogen) atoms. The lowest BCUT2D eigenvalue weighted by Gasteiger charge is -2.25. The third kappa shape index (κ3) is 14.6. The first-order chi connectivity index (χ1) is 19.7. The Morgan fingerprint density at radius 2 is 1.37 bits per heavy atom. The molecule has 0 bridgehead atoms. The first kappa shape index (κ1) is 34.4. The summed E-state index contributed by atoms with van der Waals surface area (Å²) in [7, 11) is 0. The zero-order chi connectivity index (χ0) is 30.0. The van der Waals surface area contributed by atoms with E-state index >= 15 is 0 Å². The van der Waals surface area contributed by atoms with E-state index in [9.17, 15) is 9.59 Å². The summed E-state index contributed by atoms with van der Waals surface area (Å²) in [6.07, 6.45) is 7.44. The number of aryl methyl sites for hydroxylation is 2. The van der Waals surface area contributed by atoms with Gasteiger partial charge in [0.1, 0.15) is 23.6 Å². The molecule has 0 aliphatic carbocycles. The van der Waals surface area contributed by atoms with Gasteiger partial charge in [0.05, 0.1) is 52.0 Å². The Bertz CT molecular complexity index is 1090. The average Bonchev–Trinajstić information content (AvgIpc) is 3.53. The number of allylic oxidation sites excluding steroid dienone is 2. The molecule has 0 amide bonds. The minimum Gasteiger partial charge on any atom is -0.376 e. The maximum absolute atomic E-state index is 11.4. The van der Waals surface area contributed by atoms with Crippen LogP contribution in [-0.2, 0) is 54.8 Å². The number of hydrogen-bond donors (Lipinski definition) is 1. The van der Waals surface area contributed by atoms with Crippen molar-refractivity contribution >= 4 is 22.6 Å². The zero-order valence-electron chi connectivity index (χ0n) is 24.0. The number of nitrogens with zero attached hydrogens (tertiary/aromatic N) is 6. The molecule has 0 radical (unpaired) electrons. The molecule has 14 heteroatoms. The fourth-order valence-electron chi connectivity index (χ4n) is 3.08. The van der Waals surface area contributed by atoms with Crippen LogP contribution in [0.5, 0.6) is 0 Å². The number of Topliss-reactive ketones (excluding diaryl/α,β-unsaturated/α-hetero) is 1. The van der Waals surface area contributed by atoms with Crippen LogP contribution in [0.3, 0.4) is 0 Å². The van der Waals surface area contributed by atoms with Gasteiger partial charge in [-0.3, -0.25) is 19.0 Å². The van der Waals surface area contributed by atoms with Crippen molar-refractivity contribution in [3.63, 3.8) is 0 Å². The SMILES string of the molecule is C=C(C)C(=O)CCCCn1cc(COC2COC2)nn1.C=C(C)C(=O)Cl.NCCCn1cc(COC2COC2)nn1. The van der Waals surface area contributed by atoms with Crippen molar-refractivity contribution in [3.05, 3.63) is 48.1 Å². The molecule has 0 atom stereocenters. The Morgan fingerprint density at radius 3 is 1.73 bits per heavy atom. The second-order valence-corrected chi connectivity index (χ2v) is 10.1. The number of carbonyl (C=O) groups excluding carboxylic acids is 2. The standard InChI is InChI=1S/C14H21N3O3.C9H16N4O2.C4H5ClO/c1-11(2)14(18)5-3-4-6-17-7-12(15-16-17)8-20-13-9-19-10-13;10-2-1-3-13-4-8(11-12-13)5-15-9-6-14-7-9;1-3(2)4(5)6/h7,13H,1,3-6,8-10H2,2H3;4,9H,1-3,5-7,10H2;1H2,2H3. The number of hydrogen-bond acceptors (Lipinski definition) is 11. The van der Waals surface area contributed by atoms with Gasteiger partial charge in [-0.15, -0.1) is 10.2 Å². The molecule has 0 spiro atoms. The van der Waals surface area contributed by atoms with Crippen LogP contribution >= 0.6 is 11.6 Å². The summed E-state index contributed by atoms with van der Waals surface area (Å²) in [6, 6.07) is 0. The predicted octanol–water partition coefficient (Wildman–Crippen LogP) is 2.38. The first-order valence-corrected chi connectivity index (χ1v) is 14.0. The Hall–Kier alpha value is -2.81. The lowest BCUT2D eigenvalue weighted by molar-refractivity contribution is -0.135. The van der Waals surface area contributed by atoms with Gasteiger partial charge >= 0.3 is 0 Å². The van der Waals surface area contributed by atoms with Crippen molar-refractivity contribution in [2.45, 2.75) is 78.0 Å². The molecular formula is C27H42ClN7O6. The minimum absolute atomic E-state index is 0.139. The maximum atomic E-state index is 11.4. The van der Waals surface area contributed by atoms with Gasteiger partial charge in [0.15, 0.2) is 5.78 Å². The molecular weight excluding hydrogens is 554 g/mol. The molecule has 13 nitrogen and oxygen atoms in total. The molecule has 2 aliphatic rings. The van der Waals surface area contributed by atoms with Crippen LogP contribution in [-0.4, -0.2) is 86.2 Å². The van der Waals surface area contributed by atoms with Crippen molar-refractivity contribution in [3.8, 4) is 0 Å². The highest BCUT2D eigenvalue weighted by Crippen LogP contribution is 2.10. The van der Waals surface area contributed by atoms with Crippen LogP contribution in [0.25, 0.3) is 0 Å². The van der Waals surface area contributed by atoms with E-state index < -0.39 is 5.24 Å². The number of ether oxygens (including phenoxy) is 4. The normalized spacial score (nSPS) is 14.5. The third-order valence-electron chi connectivity index (χ3n) is 5.76. The Balaban J connectivity index is 0.000000246. The monoisotopic (exact) mass is 595 g/mol. The number of rotatable bonds is 16. The highest BCUT2D eigenvalue weighted by molar-refractivity contribution is 6.67. The zero-order valence-corrected chi connectivity index (χ0v) is 24.8. The van der Waals surface area contributed by atoms with E-state index in [1.807, 2.05) is 12.4 Å². The lowest BCUT2D eigenvalue weighted by atomic mass is 10.1. The molecule has 2 aromatic heterocycles. The highest BCUT2D eigenvalue weighted by Gasteiger charge is 2.20. The molecule has 2 saturated heterocycles. The van der Waals surface area contributed by atoms with E-state index in [1.165, 1.54) is 0 Å². The molecule has 0 unspecified atom stereocenters. The first-order valence-electron chi connectivity index (χ1n) is 13.6. The molecule has 0 aromatic carbocycles. The molecule has 0 saturated carbocycles. The predicted molar refractivity (Wildman–Crippen MR) is 152 cm³/mol. The van der Waals surface area contributed by atoms with Crippen LogP contribution in [0.4, 0.5) is 0 Å². The molecule has 4 rings (SSSR count). The van der Waals surface area contributed by atoms with Gasteiger partial charge in [-0.05, 0) is 56.8 Å². The molecule has 4 heterocycles. The molecule has 228 valence electrons. The summed E-state index contributed by atoms with van der Waals surface area (Å²) >= 11 is 4.87. The van der Waals surface area contributed by atoms with Gasteiger partial charge in [0.25, 0.3) is 0 Å². The van der Waals surface area contributed by atoms with Crippen LogP contribution in [0.15, 0.2) is 36.7 Å². The largest absolute Gasteiger partial charge is 0.376 e. The number of nitrogens with two attached hydrogens (primary N) is 1. The Morgan fingerprint density at radius 1 is 0.902 bits per heavy atom. The highest BCUT2D eigenvalue weighted by atomic mass is 35.5. The quantitative estimate of drug-likeness (QED) is 0.172. The van der Waals surface area contributed by atoms with Crippen molar-refractivity contribution in [2.24, 2.45) is 5.73 Å². The second kappa shape index (κ2) is 19.3. The summed E-state index contributed by atoms with van der Waals surface area (Å²) in [6.45, 7) is 16.2. The number of aromatic nitrogens is 6. The lowest BCUT2D eigenvalue weighted by Crippen LogP contribution is -2.35. The summed E-state index contributed by atoms with van der Waals surface area (Å²) in [5.41, 5.74) is 8.11. The topological polar surface area (TPSA) is 158 Å².